The van der Waals surface area contributed by atoms with E-state index >= 15 is 0 Å². The summed E-state index contributed by atoms with van der Waals surface area (Å²) in [7, 11) is 1.82. The third-order valence-corrected chi connectivity index (χ3v) is 4.58. The SMILES string of the molecule is CN=C(NCCCCN1CCN(c2cccc(C)c2)CC1)NC(C)C.I. The highest BCUT2D eigenvalue weighted by molar-refractivity contribution is 14.0. The minimum absolute atomic E-state index is 0. The van der Waals surface area contributed by atoms with Crippen LogP contribution in [0.3, 0.4) is 0 Å². The van der Waals surface area contributed by atoms with E-state index in [-0.39, 0.29) is 24.0 Å². The van der Waals surface area contributed by atoms with Gasteiger partial charge in [0, 0.05) is 51.5 Å². The lowest BCUT2D eigenvalue weighted by Gasteiger charge is -2.36. The Labute approximate surface area is 176 Å². The molecular weight excluding hydrogens is 437 g/mol. The second-order valence-electron chi connectivity index (χ2n) is 7.17. The number of halogens is 1. The average molecular weight is 473 g/mol. The van der Waals surface area contributed by atoms with Crippen LogP contribution in [0.4, 0.5) is 5.69 Å². The Morgan fingerprint density at radius 2 is 1.88 bits per heavy atom. The Kier molecular flexibility index (Phi) is 11.0. The van der Waals surface area contributed by atoms with Gasteiger partial charge in [-0.25, -0.2) is 0 Å². The van der Waals surface area contributed by atoms with Gasteiger partial charge in [0.25, 0.3) is 0 Å². The van der Waals surface area contributed by atoms with Gasteiger partial charge < -0.3 is 15.5 Å². The molecule has 1 aliphatic heterocycles. The van der Waals surface area contributed by atoms with Gasteiger partial charge >= 0.3 is 0 Å². The molecule has 0 bridgehead atoms. The van der Waals surface area contributed by atoms with Crippen molar-refractivity contribution in [2.75, 3.05) is 51.2 Å². The van der Waals surface area contributed by atoms with E-state index in [4.69, 9.17) is 0 Å². The van der Waals surface area contributed by atoms with E-state index in [1.807, 2.05) is 7.05 Å². The number of nitrogens with zero attached hydrogens (tertiary/aromatic N) is 3. The zero-order valence-corrected chi connectivity index (χ0v) is 19.1. The molecule has 6 heteroatoms. The summed E-state index contributed by atoms with van der Waals surface area (Å²) in [5.74, 6) is 0.904. The summed E-state index contributed by atoms with van der Waals surface area (Å²) in [5, 5.41) is 6.70. The summed E-state index contributed by atoms with van der Waals surface area (Å²) in [4.78, 5) is 9.33. The number of hydrogen-bond donors (Lipinski definition) is 2. The minimum atomic E-state index is 0. The van der Waals surface area contributed by atoms with Crippen molar-refractivity contribution in [3.63, 3.8) is 0 Å². The van der Waals surface area contributed by atoms with Gasteiger partial charge in [-0.3, -0.25) is 9.89 Å². The maximum atomic E-state index is 4.24. The van der Waals surface area contributed by atoms with Crippen molar-refractivity contribution < 1.29 is 0 Å². The first-order valence-electron chi connectivity index (χ1n) is 9.59. The van der Waals surface area contributed by atoms with Gasteiger partial charge in [0.05, 0.1) is 0 Å². The molecule has 148 valence electrons. The highest BCUT2D eigenvalue weighted by Crippen LogP contribution is 2.17. The second-order valence-corrected chi connectivity index (χ2v) is 7.17. The molecule has 0 atom stereocenters. The first-order valence-corrected chi connectivity index (χ1v) is 9.59. The van der Waals surface area contributed by atoms with E-state index < -0.39 is 0 Å². The van der Waals surface area contributed by atoms with Gasteiger partial charge in [0.15, 0.2) is 5.96 Å². The minimum Gasteiger partial charge on any atom is -0.369 e. The number of nitrogens with one attached hydrogen (secondary N) is 2. The fraction of sp³-hybridized carbons (Fsp3) is 0.650. The molecule has 0 amide bonds. The third-order valence-electron chi connectivity index (χ3n) is 4.58. The zero-order chi connectivity index (χ0) is 18.1. The fourth-order valence-electron chi connectivity index (χ4n) is 3.19. The molecule has 2 rings (SSSR count). The fourth-order valence-corrected chi connectivity index (χ4v) is 3.19. The smallest absolute Gasteiger partial charge is 0.191 e. The Hall–Kier alpha value is -1.02. The van der Waals surface area contributed by atoms with Crippen molar-refractivity contribution >= 4 is 35.6 Å². The predicted molar refractivity (Wildman–Crippen MR) is 124 cm³/mol. The van der Waals surface area contributed by atoms with Crippen LogP contribution in [0.5, 0.6) is 0 Å². The van der Waals surface area contributed by atoms with Crippen molar-refractivity contribution in [1.82, 2.24) is 15.5 Å². The average Bonchev–Trinajstić information content (AvgIpc) is 2.60. The lowest BCUT2D eigenvalue weighted by Crippen LogP contribution is -2.46. The summed E-state index contributed by atoms with van der Waals surface area (Å²) in [6.45, 7) is 13.2. The Bertz CT molecular complexity index is 539. The predicted octanol–water partition coefficient (Wildman–Crippen LogP) is 3.09. The number of aliphatic imine (C=N–C) groups is 1. The van der Waals surface area contributed by atoms with Gasteiger partial charge in [-0.1, -0.05) is 12.1 Å². The first-order chi connectivity index (χ1) is 12.1. The number of aryl methyl sites for hydroxylation is 1. The molecule has 0 saturated carbocycles. The zero-order valence-electron chi connectivity index (χ0n) is 16.8. The quantitative estimate of drug-likeness (QED) is 0.277. The van der Waals surface area contributed by atoms with Crippen LogP contribution in [0.2, 0.25) is 0 Å². The van der Waals surface area contributed by atoms with Crippen molar-refractivity contribution in [3.8, 4) is 0 Å². The molecule has 26 heavy (non-hydrogen) atoms. The molecule has 1 heterocycles. The van der Waals surface area contributed by atoms with Crippen LogP contribution >= 0.6 is 24.0 Å². The van der Waals surface area contributed by atoms with Crippen molar-refractivity contribution in [1.29, 1.82) is 0 Å². The normalized spacial score (nSPS) is 15.7. The molecule has 2 N–H and O–H groups in total. The number of hydrogen-bond acceptors (Lipinski definition) is 3. The molecule has 0 aromatic heterocycles. The topological polar surface area (TPSA) is 42.9 Å². The van der Waals surface area contributed by atoms with Gasteiger partial charge in [0.2, 0.25) is 0 Å². The van der Waals surface area contributed by atoms with E-state index in [0.29, 0.717) is 6.04 Å². The molecule has 1 aromatic carbocycles. The summed E-state index contributed by atoms with van der Waals surface area (Å²) < 4.78 is 0. The molecule has 1 aliphatic rings. The lowest BCUT2D eigenvalue weighted by molar-refractivity contribution is 0.253. The summed E-state index contributed by atoms with van der Waals surface area (Å²) in [6.07, 6.45) is 2.41. The first kappa shape index (κ1) is 23.0. The summed E-state index contributed by atoms with van der Waals surface area (Å²) in [6, 6.07) is 9.26. The molecule has 0 radical (unpaired) electrons. The summed E-state index contributed by atoms with van der Waals surface area (Å²) >= 11 is 0. The molecule has 1 fully saturated rings. The van der Waals surface area contributed by atoms with E-state index in [2.05, 4.69) is 70.5 Å². The maximum Gasteiger partial charge on any atom is 0.191 e. The van der Waals surface area contributed by atoms with Crippen LogP contribution in [-0.2, 0) is 0 Å². The van der Waals surface area contributed by atoms with Gasteiger partial charge in [0.1, 0.15) is 0 Å². The number of benzene rings is 1. The number of guanidine groups is 1. The Morgan fingerprint density at radius 3 is 2.50 bits per heavy atom. The van der Waals surface area contributed by atoms with Crippen LogP contribution in [0, 0.1) is 6.92 Å². The molecular formula is C20H36IN5. The molecule has 1 aromatic rings. The van der Waals surface area contributed by atoms with E-state index in [1.54, 1.807) is 0 Å². The van der Waals surface area contributed by atoms with Gasteiger partial charge in [-0.15, -0.1) is 24.0 Å². The maximum absolute atomic E-state index is 4.24. The van der Waals surface area contributed by atoms with Crippen LogP contribution < -0.4 is 15.5 Å². The van der Waals surface area contributed by atoms with Crippen molar-refractivity contribution in [2.45, 2.75) is 39.7 Å². The van der Waals surface area contributed by atoms with Crippen LogP contribution in [-0.4, -0.2) is 63.2 Å². The molecule has 5 nitrogen and oxygen atoms in total. The number of rotatable bonds is 7. The Balaban J connectivity index is 0.00000338. The van der Waals surface area contributed by atoms with Gasteiger partial charge in [-0.2, -0.15) is 0 Å². The molecule has 0 aliphatic carbocycles. The number of anilines is 1. The summed E-state index contributed by atoms with van der Waals surface area (Å²) in [5.41, 5.74) is 2.71. The van der Waals surface area contributed by atoms with Gasteiger partial charge in [-0.05, 0) is 57.9 Å². The number of unbranched alkanes of at least 4 members (excludes halogenated alkanes) is 1. The third kappa shape index (κ3) is 8.12. The second kappa shape index (κ2) is 12.4. The van der Waals surface area contributed by atoms with E-state index in [9.17, 15) is 0 Å². The van der Waals surface area contributed by atoms with Crippen molar-refractivity contribution in [3.05, 3.63) is 29.8 Å². The molecule has 0 spiro atoms. The Morgan fingerprint density at radius 1 is 1.15 bits per heavy atom. The lowest BCUT2D eigenvalue weighted by atomic mass is 10.2. The standard InChI is InChI=1S/C20H35N5.HI/c1-17(2)23-20(21-4)22-10-5-6-11-24-12-14-25(15-13-24)19-9-7-8-18(3)16-19;/h7-9,16-17H,5-6,10-15H2,1-4H3,(H2,21,22,23);1H. The van der Waals surface area contributed by atoms with Crippen LogP contribution in [0.25, 0.3) is 0 Å². The van der Waals surface area contributed by atoms with E-state index in [0.717, 1.165) is 38.7 Å². The monoisotopic (exact) mass is 473 g/mol. The molecule has 1 saturated heterocycles. The van der Waals surface area contributed by atoms with E-state index in [1.165, 1.54) is 30.6 Å². The van der Waals surface area contributed by atoms with Crippen molar-refractivity contribution in [2.24, 2.45) is 4.99 Å². The highest BCUT2D eigenvalue weighted by atomic mass is 127. The number of piperazine rings is 1. The van der Waals surface area contributed by atoms with Crippen LogP contribution in [0.15, 0.2) is 29.3 Å². The molecule has 0 unspecified atom stereocenters. The van der Waals surface area contributed by atoms with Crippen LogP contribution in [0.1, 0.15) is 32.3 Å². The highest BCUT2D eigenvalue weighted by Gasteiger charge is 2.16. The largest absolute Gasteiger partial charge is 0.369 e.